The molecule has 2 aromatic rings. The average molecular weight is 518 g/mol. The number of H-pyrrole nitrogens is 1. The zero-order valence-electron chi connectivity index (χ0n) is 20.8. The van der Waals surface area contributed by atoms with Crippen molar-refractivity contribution in [3.8, 4) is 5.75 Å². The number of likely N-dealkylation sites (tertiary alicyclic amines) is 1. The average Bonchev–Trinajstić information content (AvgIpc) is 3.54. The van der Waals surface area contributed by atoms with Crippen LogP contribution in [0.4, 0.5) is 0 Å². The molecule has 3 rings (SSSR count). The molecule has 2 amide bonds. The van der Waals surface area contributed by atoms with E-state index >= 15 is 0 Å². The van der Waals surface area contributed by atoms with Crippen LogP contribution in [-0.2, 0) is 27.3 Å². The summed E-state index contributed by atoms with van der Waals surface area (Å²) < 4.78 is 5.50. The molecule has 2 atom stereocenters. The molecule has 2 heterocycles. The van der Waals surface area contributed by atoms with Gasteiger partial charge in [-0.3, -0.25) is 14.5 Å². The summed E-state index contributed by atoms with van der Waals surface area (Å²) in [5.74, 6) is -0.0272. The number of aromatic amines is 1. The fourth-order valence-electron chi connectivity index (χ4n) is 4.49. The second-order valence-electron chi connectivity index (χ2n) is 8.86. The Labute approximate surface area is 215 Å². The molecule has 1 saturated heterocycles. The SMILES string of the molecule is COc1ccccc1CN(CC(=O)NC(CCSC)C(=O)O)C[C@@H]1CCCN1C(=O)Cc1cnc[nH]1. The van der Waals surface area contributed by atoms with Crippen molar-refractivity contribution in [1.82, 2.24) is 25.1 Å². The number of imidazole rings is 1. The third kappa shape index (κ3) is 7.99. The molecule has 0 saturated carbocycles. The summed E-state index contributed by atoms with van der Waals surface area (Å²) in [4.78, 5) is 48.4. The molecule has 0 bridgehead atoms. The molecule has 1 aliphatic rings. The molecule has 1 unspecified atom stereocenters. The zero-order valence-corrected chi connectivity index (χ0v) is 21.6. The number of nitrogens with zero attached hydrogens (tertiary/aromatic N) is 3. The van der Waals surface area contributed by atoms with Gasteiger partial charge in [-0.15, -0.1) is 0 Å². The monoisotopic (exact) mass is 517 g/mol. The summed E-state index contributed by atoms with van der Waals surface area (Å²) in [5, 5.41) is 12.2. The molecule has 0 spiro atoms. The molecule has 11 heteroatoms. The van der Waals surface area contributed by atoms with Gasteiger partial charge in [-0.25, -0.2) is 9.78 Å². The van der Waals surface area contributed by atoms with Gasteiger partial charge in [0.25, 0.3) is 0 Å². The Morgan fingerprint density at radius 1 is 1.36 bits per heavy atom. The lowest BCUT2D eigenvalue weighted by molar-refractivity contribution is -0.142. The number of aromatic nitrogens is 2. The zero-order chi connectivity index (χ0) is 25.9. The van der Waals surface area contributed by atoms with Crippen molar-refractivity contribution in [2.24, 2.45) is 0 Å². The highest BCUT2D eigenvalue weighted by molar-refractivity contribution is 7.98. The number of nitrogens with one attached hydrogen (secondary N) is 2. The third-order valence-corrected chi connectivity index (χ3v) is 6.90. The minimum absolute atomic E-state index is 0.0141. The Kier molecular flexibility index (Phi) is 10.6. The number of rotatable bonds is 14. The first-order valence-electron chi connectivity index (χ1n) is 12.0. The van der Waals surface area contributed by atoms with Crippen LogP contribution in [0.25, 0.3) is 0 Å². The topological polar surface area (TPSA) is 128 Å². The van der Waals surface area contributed by atoms with Gasteiger partial charge in [-0.1, -0.05) is 18.2 Å². The molecule has 3 N–H and O–H groups in total. The van der Waals surface area contributed by atoms with Gasteiger partial charge in [0.15, 0.2) is 0 Å². The van der Waals surface area contributed by atoms with E-state index in [4.69, 9.17) is 4.74 Å². The molecule has 1 aromatic heterocycles. The van der Waals surface area contributed by atoms with E-state index in [1.807, 2.05) is 40.3 Å². The first kappa shape index (κ1) is 27.5. The van der Waals surface area contributed by atoms with Gasteiger partial charge in [-0.2, -0.15) is 11.8 Å². The van der Waals surface area contributed by atoms with Crippen LogP contribution in [0.15, 0.2) is 36.8 Å². The third-order valence-electron chi connectivity index (χ3n) is 6.26. The summed E-state index contributed by atoms with van der Waals surface area (Å²) >= 11 is 1.54. The number of hydrogen-bond donors (Lipinski definition) is 3. The number of benzene rings is 1. The van der Waals surface area contributed by atoms with Crippen molar-refractivity contribution in [2.45, 2.75) is 44.3 Å². The van der Waals surface area contributed by atoms with E-state index in [9.17, 15) is 19.5 Å². The fourth-order valence-corrected chi connectivity index (χ4v) is 4.96. The number of ether oxygens (including phenoxy) is 1. The Hall–Kier alpha value is -3.05. The van der Waals surface area contributed by atoms with E-state index in [1.54, 1.807) is 19.6 Å². The minimum atomic E-state index is -1.04. The number of amides is 2. The molecule has 1 aliphatic heterocycles. The summed E-state index contributed by atoms with van der Waals surface area (Å²) in [6.45, 7) is 1.60. The molecular formula is C25H35N5O5S. The molecule has 10 nitrogen and oxygen atoms in total. The minimum Gasteiger partial charge on any atom is -0.496 e. The summed E-state index contributed by atoms with van der Waals surface area (Å²) in [5.41, 5.74) is 1.68. The lowest BCUT2D eigenvalue weighted by Gasteiger charge is -2.31. The van der Waals surface area contributed by atoms with Gasteiger partial charge >= 0.3 is 5.97 Å². The van der Waals surface area contributed by atoms with E-state index in [2.05, 4.69) is 15.3 Å². The Morgan fingerprint density at radius 2 is 2.17 bits per heavy atom. The van der Waals surface area contributed by atoms with Crippen molar-refractivity contribution in [3.05, 3.63) is 48.0 Å². The first-order valence-corrected chi connectivity index (χ1v) is 13.4. The van der Waals surface area contributed by atoms with E-state index in [1.165, 1.54) is 11.8 Å². The molecule has 1 fully saturated rings. The number of thioether (sulfide) groups is 1. The van der Waals surface area contributed by atoms with Crippen LogP contribution in [0.5, 0.6) is 5.75 Å². The predicted octanol–water partition coefficient (Wildman–Crippen LogP) is 1.78. The van der Waals surface area contributed by atoms with Crippen molar-refractivity contribution in [3.63, 3.8) is 0 Å². The number of carbonyl (C=O) groups is 3. The standard InChI is InChI=1S/C25H35N5O5S/c1-35-22-8-4-3-6-18(22)14-29(16-23(31)28-21(25(33)34)9-11-36-2)15-20-7-5-10-30(20)24(32)12-19-13-26-17-27-19/h3-4,6,8,13,17,20-21H,5,7,9-12,14-16H2,1-2H3,(H,26,27)(H,28,31)(H,33,34)/t20-,21?/m0/s1. The second kappa shape index (κ2) is 13.9. The van der Waals surface area contributed by atoms with Crippen LogP contribution in [0.2, 0.25) is 0 Å². The molecule has 0 aliphatic carbocycles. The van der Waals surface area contributed by atoms with Gasteiger partial charge < -0.3 is 25.0 Å². The van der Waals surface area contributed by atoms with Crippen molar-refractivity contribution >= 4 is 29.5 Å². The maximum Gasteiger partial charge on any atom is 0.326 e. The number of para-hydroxylation sites is 1. The van der Waals surface area contributed by atoms with Crippen molar-refractivity contribution in [1.29, 1.82) is 0 Å². The van der Waals surface area contributed by atoms with Gasteiger partial charge in [0.2, 0.25) is 11.8 Å². The molecule has 196 valence electrons. The normalized spacial score (nSPS) is 16.2. The lowest BCUT2D eigenvalue weighted by atomic mass is 10.1. The second-order valence-corrected chi connectivity index (χ2v) is 9.84. The van der Waals surface area contributed by atoms with Gasteiger partial charge in [0.1, 0.15) is 11.8 Å². The molecule has 1 aromatic carbocycles. The predicted molar refractivity (Wildman–Crippen MR) is 138 cm³/mol. The van der Waals surface area contributed by atoms with Crippen LogP contribution in [0, 0.1) is 0 Å². The quantitative estimate of drug-likeness (QED) is 0.346. The maximum absolute atomic E-state index is 13.0. The maximum atomic E-state index is 13.0. The van der Waals surface area contributed by atoms with Crippen LogP contribution in [0.3, 0.4) is 0 Å². The summed E-state index contributed by atoms with van der Waals surface area (Å²) in [6.07, 6.45) is 7.44. The van der Waals surface area contributed by atoms with Crippen LogP contribution < -0.4 is 10.1 Å². The molecule has 36 heavy (non-hydrogen) atoms. The number of aliphatic carboxylic acids is 1. The largest absolute Gasteiger partial charge is 0.496 e. The van der Waals surface area contributed by atoms with Gasteiger partial charge in [-0.05, 0) is 37.3 Å². The van der Waals surface area contributed by atoms with Crippen molar-refractivity contribution in [2.75, 3.05) is 38.8 Å². The van der Waals surface area contributed by atoms with Crippen molar-refractivity contribution < 1.29 is 24.2 Å². The highest BCUT2D eigenvalue weighted by Crippen LogP contribution is 2.23. The number of hydrogen-bond acceptors (Lipinski definition) is 7. The Morgan fingerprint density at radius 3 is 2.86 bits per heavy atom. The number of carboxylic acids is 1. The van der Waals surface area contributed by atoms with E-state index in [-0.39, 0.29) is 30.8 Å². The Balaban J connectivity index is 1.72. The van der Waals surface area contributed by atoms with E-state index < -0.39 is 12.0 Å². The van der Waals surface area contributed by atoms with Gasteiger partial charge in [0, 0.05) is 43.1 Å². The molecular weight excluding hydrogens is 482 g/mol. The van der Waals surface area contributed by atoms with Crippen LogP contribution >= 0.6 is 11.8 Å². The molecule has 0 radical (unpaired) electrons. The lowest BCUT2D eigenvalue weighted by Crippen LogP contribution is -2.49. The first-order chi connectivity index (χ1) is 17.4. The highest BCUT2D eigenvalue weighted by Gasteiger charge is 2.31. The summed E-state index contributed by atoms with van der Waals surface area (Å²) in [6, 6.07) is 6.63. The number of carbonyl (C=O) groups excluding carboxylic acids is 2. The number of carboxylic acid groups (broad SMARTS) is 1. The smallest absolute Gasteiger partial charge is 0.326 e. The van der Waals surface area contributed by atoms with Crippen LogP contribution in [-0.4, -0.2) is 93.5 Å². The van der Waals surface area contributed by atoms with E-state index in [0.717, 1.165) is 24.1 Å². The summed E-state index contributed by atoms with van der Waals surface area (Å²) in [7, 11) is 1.60. The van der Waals surface area contributed by atoms with Crippen LogP contribution in [0.1, 0.15) is 30.5 Å². The Bertz CT molecular complexity index is 1000. The highest BCUT2D eigenvalue weighted by atomic mass is 32.2. The number of methoxy groups -OCH3 is 1. The fraction of sp³-hybridized carbons (Fsp3) is 0.520. The van der Waals surface area contributed by atoms with E-state index in [0.29, 0.717) is 37.6 Å². The van der Waals surface area contributed by atoms with Gasteiger partial charge in [0.05, 0.1) is 26.4 Å².